The first-order chi connectivity index (χ1) is 9.47. The van der Waals surface area contributed by atoms with Gasteiger partial charge < -0.3 is 10.0 Å². The van der Waals surface area contributed by atoms with E-state index in [1.54, 1.807) is 0 Å². The molecule has 1 N–H and O–H groups in total. The van der Waals surface area contributed by atoms with Crippen LogP contribution >= 0.6 is 11.8 Å². The lowest BCUT2D eigenvalue weighted by atomic mass is 10.00. The lowest BCUT2D eigenvalue weighted by Gasteiger charge is -2.31. The topological polar surface area (TPSA) is 57.6 Å². The number of nitrogens with zero attached hydrogens (tertiary/aromatic N) is 1. The Morgan fingerprint density at radius 3 is 2.80 bits per heavy atom. The van der Waals surface area contributed by atoms with Gasteiger partial charge in [-0.1, -0.05) is 13.8 Å². The normalized spacial score (nSPS) is 14.6. The van der Waals surface area contributed by atoms with Crippen LogP contribution in [0.15, 0.2) is 23.1 Å². The van der Waals surface area contributed by atoms with E-state index in [9.17, 15) is 9.59 Å². The fourth-order valence-corrected chi connectivity index (χ4v) is 3.02. The predicted molar refractivity (Wildman–Crippen MR) is 80.3 cm³/mol. The molecule has 0 saturated heterocycles. The lowest BCUT2D eigenvalue weighted by Crippen LogP contribution is -2.37. The maximum Gasteiger partial charge on any atom is 0.313 e. The van der Waals surface area contributed by atoms with Gasteiger partial charge in [0, 0.05) is 23.5 Å². The minimum atomic E-state index is -0.815. The number of carbonyl (C=O) groups is 2. The zero-order chi connectivity index (χ0) is 14.7. The fourth-order valence-electron chi connectivity index (χ4n) is 2.34. The zero-order valence-corrected chi connectivity index (χ0v) is 12.6. The summed E-state index contributed by atoms with van der Waals surface area (Å²) in [7, 11) is 0. The van der Waals surface area contributed by atoms with Crippen LogP contribution in [0.1, 0.15) is 25.8 Å². The molecule has 0 atom stereocenters. The van der Waals surface area contributed by atoms with Crippen LogP contribution in [0.25, 0.3) is 0 Å². The Hall–Kier alpha value is -1.49. The molecule has 0 radical (unpaired) electrons. The molecule has 0 fully saturated rings. The molecular formula is C15H19NO3S. The smallest absolute Gasteiger partial charge is 0.313 e. The van der Waals surface area contributed by atoms with Gasteiger partial charge in [0.25, 0.3) is 0 Å². The number of benzene rings is 1. The third-order valence-electron chi connectivity index (χ3n) is 3.16. The molecule has 4 nitrogen and oxygen atoms in total. The van der Waals surface area contributed by atoms with Crippen molar-refractivity contribution in [3.8, 4) is 0 Å². The van der Waals surface area contributed by atoms with Crippen molar-refractivity contribution >= 4 is 29.3 Å². The van der Waals surface area contributed by atoms with Gasteiger partial charge in [0.05, 0.1) is 5.75 Å². The molecule has 1 heterocycles. The highest BCUT2D eigenvalue weighted by molar-refractivity contribution is 8.00. The van der Waals surface area contributed by atoms with Crippen LogP contribution in [0.3, 0.4) is 0 Å². The third-order valence-corrected chi connectivity index (χ3v) is 4.14. The molecule has 1 amide bonds. The summed E-state index contributed by atoms with van der Waals surface area (Å²) in [6, 6.07) is 5.86. The first-order valence-corrected chi connectivity index (χ1v) is 7.74. The summed E-state index contributed by atoms with van der Waals surface area (Å²) in [5, 5.41) is 8.72. The number of fused-ring (bicyclic) bond motifs is 1. The van der Waals surface area contributed by atoms with Crippen LogP contribution < -0.4 is 4.90 Å². The van der Waals surface area contributed by atoms with E-state index >= 15 is 0 Å². The van der Waals surface area contributed by atoms with Gasteiger partial charge in [-0.3, -0.25) is 9.59 Å². The number of thioether (sulfide) groups is 1. The van der Waals surface area contributed by atoms with Gasteiger partial charge in [-0.15, -0.1) is 11.8 Å². The molecule has 20 heavy (non-hydrogen) atoms. The van der Waals surface area contributed by atoms with E-state index in [4.69, 9.17) is 5.11 Å². The number of carbonyl (C=O) groups excluding carboxylic acids is 1. The molecule has 2 rings (SSSR count). The van der Waals surface area contributed by atoms with Gasteiger partial charge in [0.2, 0.25) is 5.91 Å². The summed E-state index contributed by atoms with van der Waals surface area (Å²) in [5.41, 5.74) is 2.12. The Morgan fingerprint density at radius 2 is 2.15 bits per heavy atom. The van der Waals surface area contributed by atoms with E-state index in [1.165, 1.54) is 11.8 Å². The number of aryl methyl sites for hydroxylation is 1. The minimum absolute atomic E-state index is 0.0629. The van der Waals surface area contributed by atoms with Crippen molar-refractivity contribution in [3.63, 3.8) is 0 Å². The molecule has 0 aliphatic carbocycles. The van der Waals surface area contributed by atoms with Gasteiger partial charge in [0.15, 0.2) is 0 Å². The maximum atomic E-state index is 12.0. The van der Waals surface area contributed by atoms with E-state index in [0.29, 0.717) is 12.3 Å². The number of anilines is 1. The molecule has 1 aliphatic rings. The molecule has 1 aromatic carbocycles. The number of hydrogen-bond donors (Lipinski definition) is 1. The fraction of sp³-hybridized carbons (Fsp3) is 0.467. The molecule has 1 aliphatic heterocycles. The van der Waals surface area contributed by atoms with Crippen molar-refractivity contribution in [2.24, 2.45) is 5.92 Å². The summed E-state index contributed by atoms with van der Waals surface area (Å²) < 4.78 is 0. The Bertz CT molecular complexity index is 528. The van der Waals surface area contributed by atoms with E-state index < -0.39 is 5.97 Å². The van der Waals surface area contributed by atoms with E-state index in [-0.39, 0.29) is 11.7 Å². The highest BCUT2D eigenvalue weighted by atomic mass is 32.2. The van der Waals surface area contributed by atoms with Crippen molar-refractivity contribution in [3.05, 3.63) is 23.8 Å². The zero-order valence-electron chi connectivity index (χ0n) is 11.8. The average molecular weight is 293 g/mol. The van der Waals surface area contributed by atoms with E-state index in [2.05, 4.69) is 13.8 Å². The summed E-state index contributed by atoms with van der Waals surface area (Å²) >= 11 is 1.31. The first kappa shape index (κ1) is 14.9. The Morgan fingerprint density at radius 1 is 1.40 bits per heavy atom. The molecule has 108 valence electrons. The summed E-state index contributed by atoms with van der Waals surface area (Å²) in [6.45, 7) is 4.92. The Labute approximate surface area is 123 Å². The second-order valence-electron chi connectivity index (χ2n) is 5.37. The molecule has 0 aromatic heterocycles. The largest absolute Gasteiger partial charge is 0.481 e. The van der Waals surface area contributed by atoms with Crippen molar-refractivity contribution in [1.29, 1.82) is 0 Å². The molecule has 0 spiro atoms. The predicted octanol–water partition coefficient (Wildman–Crippen LogP) is 2.80. The number of amides is 1. The molecule has 0 unspecified atom stereocenters. The van der Waals surface area contributed by atoms with Crippen LogP contribution in [-0.4, -0.2) is 29.3 Å². The molecule has 0 bridgehead atoms. The first-order valence-electron chi connectivity index (χ1n) is 6.75. The van der Waals surface area contributed by atoms with Crippen molar-refractivity contribution in [2.75, 3.05) is 17.2 Å². The number of rotatable bonds is 5. The third kappa shape index (κ3) is 3.54. The molecule has 1 aromatic rings. The van der Waals surface area contributed by atoms with E-state index in [0.717, 1.165) is 29.1 Å². The van der Waals surface area contributed by atoms with Crippen molar-refractivity contribution in [2.45, 2.75) is 31.6 Å². The number of carboxylic acid groups (broad SMARTS) is 1. The number of aliphatic carboxylic acids is 1. The monoisotopic (exact) mass is 293 g/mol. The van der Waals surface area contributed by atoms with Crippen LogP contribution in [0.2, 0.25) is 0 Å². The maximum absolute atomic E-state index is 12.0. The quantitative estimate of drug-likeness (QED) is 0.848. The molecular weight excluding hydrogens is 274 g/mol. The van der Waals surface area contributed by atoms with Crippen molar-refractivity contribution in [1.82, 2.24) is 0 Å². The second-order valence-corrected chi connectivity index (χ2v) is 6.42. The number of carboxylic acids is 1. The van der Waals surface area contributed by atoms with Gasteiger partial charge >= 0.3 is 5.97 Å². The second kappa shape index (κ2) is 6.31. The van der Waals surface area contributed by atoms with Crippen molar-refractivity contribution < 1.29 is 14.7 Å². The highest BCUT2D eigenvalue weighted by Gasteiger charge is 2.24. The van der Waals surface area contributed by atoms with E-state index in [1.807, 2.05) is 23.1 Å². The summed E-state index contributed by atoms with van der Waals surface area (Å²) in [6.07, 6.45) is 1.27. The van der Waals surface area contributed by atoms with Gasteiger partial charge in [-0.05, 0) is 36.1 Å². The Balaban J connectivity index is 2.21. The standard InChI is InChI=1S/C15H19NO3S/c1-10(2)8-16-13-5-4-12(20-9-15(18)19)7-11(13)3-6-14(16)17/h4-5,7,10H,3,6,8-9H2,1-2H3,(H,18,19). The van der Waals surface area contributed by atoms with Crippen LogP contribution in [0.5, 0.6) is 0 Å². The SMILES string of the molecule is CC(C)CN1C(=O)CCc2cc(SCC(=O)O)ccc21. The summed E-state index contributed by atoms with van der Waals surface area (Å²) in [4.78, 5) is 25.4. The highest BCUT2D eigenvalue weighted by Crippen LogP contribution is 2.32. The van der Waals surface area contributed by atoms with Crippen LogP contribution in [0.4, 0.5) is 5.69 Å². The lowest BCUT2D eigenvalue weighted by molar-refractivity contribution is -0.133. The molecule has 5 heteroatoms. The van der Waals surface area contributed by atoms with Gasteiger partial charge in [-0.25, -0.2) is 0 Å². The van der Waals surface area contributed by atoms with Crippen LogP contribution in [0, 0.1) is 5.92 Å². The Kier molecular flexibility index (Phi) is 4.70. The summed E-state index contributed by atoms with van der Waals surface area (Å²) in [5.74, 6) is -0.152. The van der Waals surface area contributed by atoms with Gasteiger partial charge in [-0.2, -0.15) is 0 Å². The minimum Gasteiger partial charge on any atom is -0.481 e. The molecule has 0 saturated carbocycles. The van der Waals surface area contributed by atoms with Gasteiger partial charge in [0.1, 0.15) is 0 Å². The van der Waals surface area contributed by atoms with Crippen LogP contribution in [-0.2, 0) is 16.0 Å². The number of hydrogen-bond acceptors (Lipinski definition) is 3. The average Bonchev–Trinajstić information content (AvgIpc) is 2.39.